The first-order valence-electron chi connectivity index (χ1n) is 11.2. The Balaban J connectivity index is 1.69. The van der Waals surface area contributed by atoms with E-state index in [9.17, 15) is 10.4 Å². The summed E-state index contributed by atoms with van der Waals surface area (Å²) in [5.74, 6) is 0.695. The molecule has 2 aliphatic rings. The summed E-state index contributed by atoms with van der Waals surface area (Å²) in [5, 5.41) is 22.0. The number of ether oxygens (including phenoxy) is 2. The van der Waals surface area contributed by atoms with Gasteiger partial charge in [0.05, 0.1) is 24.8 Å². The van der Waals surface area contributed by atoms with Gasteiger partial charge in [0.2, 0.25) is 5.89 Å². The average Bonchev–Trinajstić information content (AvgIpc) is 3.27. The topological polar surface area (TPSA) is 118 Å². The van der Waals surface area contributed by atoms with Crippen molar-refractivity contribution < 1.29 is 19.0 Å². The van der Waals surface area contributed by atoms with Gasteiger partial charge in [0.25, 0.3) is 0 Å². The average molecular weight is 449 g/mol. The fourth-order valence-corrected chi connectivity index (χ4v) is 5.03. The minimum Gasteiger partial charge on any atom is -0.484 e. The zero-order chi connectivity index (χ0) is 23.3. The van der Waals surface area contributed by atoms with Crippen LogP contribution >= 0.6 is 0 Å². The van der Waals surface area contributed by atoms with Crippen molar-refractivity contribution in [3.63, 3.8) is 0 Å². The van der Waals surface area contributed by atoms with Crippen LogP contribution in [0.4, 0.5) is 0 Å². The van der Waals surface area contributed by atoms with E-state index in [2.05, 4.69) is 11.0 Å². The van der Waals surface area contributed by atoms with Gasteiger partial charge in [-0.25, -0.2) is 4.98 Å². The van der Waals surface area contributed by atoms with Crippen molar-refractivity contribution >= 4 is 11.1 Å². The number of benzene rings is 2. The van der Waals surface area contributed by atoms with Crippen LogP contribution in [0.1, 0.15) is 37.3 Å². The minimum atomic E-state index is -1.60. The molecule has 8 nitrogen and oxygen atoms in total. The maximum Gasteiger partial charge on any atom is 0.223 e. The van der Waals surface area contributed by atoms with Gasteiger partial charge in [-0.3, -0.25) is 4.90 Å². The molecule has 2 aliphatic heterocycles. The summed E-state index contributed by atoms with van der Waals surface area (Å²) in [4.78, 5) is 6.94. The Morgan fingerprint density at radius 1 is 1.18 bits per heavy atom. The molecule has 2 aromatic carbocycles. The molecule has 1 saturated heterocycles. The lowest BCUT2D eigenvalue weighted by Gasteiger charge is -2.55. The molecule has 0 unspecified atom stereocenters. The Morgan fingerprint density at radius 2 is 1.94 bits per heavy atom. The number of aromatic nitrogens is 1. The molecule has 0 radical (unpaired) electrons. The molecule has 5 rings (SSSR count). The third-order valence-electron chi connectivity index (χ3n) is 7.07. The number of morpholine rings is 1. The Hall–Kier alpha value is -2.96. The van der Waals surface area contributed by atoms with Gasteiger partial charge < -0.3 is 24.7 Å². The van der Waals surface area contributed by atoms with Crippen molar-refractivity contribution in [3.8, 4) is 11.8 Å². The Kier molecular flexibility index (Phi) is 5.18. The van der Waals surface area contributed by atoms with Crippen LogP contribution in [0.3, 0.4) is 0 Å². The van der Waals surface area contributed by atoms with Gasteiger partial charge >= 0.3 is 0 Å². The number of rotatable bonds is 4. The molecule has 1 aromatic heterocycles. The van der Waals surface area contributed by atoms with Gasteiger partial charge in [-0.1, -0.05) is 12.1 Å². The standard InChI is InChI=1S/C25H28N4O4/c1-23(2)24(30,9-10-29-11-13-31-14-12-29)25(27,18-15-17(16-26)7-8-20(18)33-23)22-28-19-5-3-4-6-21(19)32-22/h3-8,15,30H,9-14,27H2,1-2H3/t24-,25+/m0/s1. The SMILES string of the molecule is CC1(C)Oc2ccc(C#N)cc2[C@@](N)(c2nc3ccccc3o2)[C@]1(O)CCN1CCOCC1. The predicted octanol–water partition coefficient (Wildman–Crippen LogP) is 2.53. The van der Waals surface area contributed by atoms with E-state index in [1.165, 1.54) is 0 Å². The number of oxazole rings is 1. The molecule has 33 heavy (non-hydrogen) atoms. The van der Waals surface area contributed by atoms with Crippen LogP contribution < -0.4 is 10.5 Å². The maximum atomic E-state index is 12.4. The zero-order valence-corrected chi connectivity index (χ0v) is 18.9. The molecule has 0 aliphatic carbocycles. The number of nitriles is 1. The van der Waals surface area contributed by atoms with Crippen LogP contribution in [0.25, 0.3) is 11.1 Å². The zero-order valence-electron chi connectivity index (χ0n) is 18.9. The largest absolute Gasteiger partial charge is 0.484 e. The van der Waals surface area contributed by atoms with E-state index >= 15 is 0 Å². The van der Waals surface area contributed by atoms with Crippen molar-refractivity contribution in [1.82, 2.24) is 9.88 Å². The monoisotopic (exact) mass is 448 g/mol. The van der Waals surface area contributed by atoms with Crippen molar-refractivity contribution in [3.05, 3.63) is 59.5 Å². The molecule has 0 saturated carbocycles. The van der Waals surface area contributed by atoms with E-state index in [-0.39, 0.29) is 5.89 Å². The third-order valence-corrected chi connectivity index (χ3v) is 7.07. The Labute approximate surface area is 192 Å². The van der Waals surface area contributed by atoms with E-state index in [1.54, 1.807) is 18.2 Å². The number of nitrogens with zero attached hydrogens (tertiary/aromatic N) is 3. The third kappa shape index (κ3) is 3.31. The summed E-state index contributed by atoms with van der Waals surface area (Å²) in [6, 6.07) is 14.6. The van der Waals surface area contributed by atoms with Crippen LogP contribution in [0.15, 0.2) is 46.9 Å². The number of para-hydroxylation sites is 2. The molecular weight excluding hydrogens is 420 g/mol. The second kappa shape index (κ2) is 7.82. The molecule has 0 amide bonds. The van der Waals surface area contributed by atoms with Gasteiger partial charge in [-0.05, 0) is 50.6 Å². The Morgan fingerprint density at radius 3 is 2.67 bits per heavy atom. The smallest absolute Gasteiger partial charge is 0.223 e. The van der Waals surface area contributed by atoms with Crippen molar-refractivity contribution in [2.45, 2.75) is 37.0 Å². The number of hydrogen-bond donors (Lipinski definition) is 2. The first-order valence-corrected chi connectivity index (χ1v) is 11.2. The predicted molar refractivity (Wildman–Crippen MR) is 122 cm³/mol. The van der Waals surface area contributed by atoms with E-state index < -0.39 is 16.7 Å². The first-order chi connectivity index (χ1) is 15.8. The highest BCUT2D eigenvalue weighted by Gasteiger charge is 2.66. The lowest BCUT2D eigenvalue weighted by atomic mass is 9.63. The summed E-state index contributed by atoms with van der Waals surface area (Å²) in [6.07, 6.45) is 0.311. The van der Waals surface area contributed by atoms with Gasteiger partial charge in [-0.2, -0.15) is 5.26 Å². The van der Waals surface area contributed by atoms with Crippen LogP contribution in [-0.2, 0) is 10.3 Å². The van der Waals surface area contributed by atoms with E-state index in [1.807, 2.05) is 38.1 Å². The number of nitrogens with two attached hydrogens (primary N) is 1. The molecule has 172 valence electrons. The number of fused-ring (bicyclic) bond motifs is 2. The summed E-state index contributed by atoms with van der Waals surface area (Å²) >= 11 is 0. The number of aliphatic hydroxyl groups is 1. The Bertz CT molecular complexity index is 1190. The van der Waals surface area contributed by atoms with Gasteiger partial charge in [-0.15, -0.1) is 0 Å². The van der Waals surface area contributed by atoms with Gasteiger partial charge in [0, 0.05) is 25.2 Å². The minimum absolute atomic E-state index is 0.195. The highest BCUT2D eigenvalue weighted by atomic mass is 16.5. The lowest BCUT2D eigenvalue weighted by Crippen LogP contribution is -2.73. The second-order valence-electron chi connectivity index (χ2n) is 9.29. The maximum absolute atomic E-state index is 12.4. The normalized spacial score (nSPS) is 27.0. The molecule has 0 spiro atoms. The highest BCUT2D eigenvalue weighted by Crippen LogP contribution is 2.53. The quantitative estimate of drug-likeness (QED) is 0.625. The van der Waals surface area contributed by atoms with Crippen LogP contribution in [0.5, 0.6) is 5.75 Å². The molecule has 3 aromatic rings. The molecule has 1 fully saturated rings. The van der Waals surface area contributed by atoms with Gasteiger partial charge in [0.1, 0.15) is 22.5 Å². The summed E-state index contributed by atoms with van der Waals surface area (Å²) in [5.41, 5.74) is 5.11. The molecule has 8 heteroatoms. The van der Waals surface area contributed by atoms with Crippen LogP contribution in [0, 0.1) is 11.3 Å². The molecule has 3 heterocycles. The fourth-order valence-electron chi connectivity index (χ4n) is 5.03. The highest BCUT2D eigenvalue weighted by molar-refractivity contribution is 5.73. The van der Waals surface area contributed by atoms with Crippen molar-refractivity contribution in [1.29, 1.82) is 5.26 Å². The molecule has 0 bridgehead atoms. The fraction of sp³-hybridized carbons (Fsp3) is 0.440. The number of hydrogen-bond acceptors (Lipinski definition) is 8. The van der Waals surface area contributed by atoms with Crippen LogP contribution in [0.2, 0.25) is 0 Å². The summed E-state index contributed by atoms with van der Waals surface area (Å²) in [6.45, 7) is 7.14. The summed E-state index contributed by atoms with van der Waals surface area (Å²) < 4.78 is 17.9. The molecule has 2 atom stereocenters. The first kappa shape index (κ1) is 21.9. The van der Waals surface area contributed by atoms with Crippen LogP contribution in [-0.4, -0.2) is 59.0 Å². The second-order valence-corrected chi connectivity index (χ2v) is 9.29. The van der Waals surface area contributed by atoms with Gasteiger partial charge in [0.15, 0.2) is 11.1 Å². The van der Waals surface area contributed by atoms with Crippen molar-refractivity contribution in [2.24, 2.45) is 5.73 Å². The van der Waals surface area contributed by atoms with Crippen molar-refractivity contribution in [2.75, 3.05) is 32.8 Å². The molecular formula is C25H28N4O4. The lowest BCUT2D eigenvalue weighted by molar-refractivity contribution is -0.178. The van der Waals surface area contributed by atoms with E-state index in [0.717, 1.165) is 13.1 Å². The summed E-state index contributed by atoms with van der Waals surface area (Å²) in [7, 11) is 0. The van der Waals surface area contributed by atoms with E-state index in [4.69, 9.17) is 24.6 Å². The van der Waals surface area contributed by atoms with E-state index in [0.29, 0.717) is 54.2 Å². The molecule has 3 N–H and O–H groups in total.